The highest BCUT2D eigenvalue weighted by molar-refractivity contribution is 5.75. The van der Waals surface area contributed by atoms with Gasteiger partial charge in [-0.15, -0.1) is 0 Å². The molecule has 2 saturated heterocycles. The molecule has 2 fully saturated rings. The van der Waals surface area contributed by atoms with E-state index in [0.29, 0.717) is 18.9 Å². The van der Waals surface area contributed by atoms with Crippen LogP contribution in [0.5, 0.6) is 0 Å². The number of morpholine rings is 1. The van der Waals surface area contributed by atoms with Crippen molar-refractivity contribution in [2.75, 3.05) is 37.7 Å². The van der Waals surface area contributed by atoms with Crippen LogP contribution in [0.4, 0.5) is 5.82 Å². The fourth-order valence-corrected chi connectivity index (χ4v) is 3.32. The van der Waals surface area contributed by atoms with Crippen molar-refractivity contribution in [3.63, 3.8) is 0 Å². The number of hydrogen-bond acceptors (Lipinski definition) is 5. The molecule has 3 heterocycles. The van der Waals surface area contributed by atoms with Gasteiger partial charge in [0, 0.05) is 32.3 Å². The number of nitrogens with zero attached hydrogens (tertiary/aromatic N) is 2. The highest BCUT2D eigenvalue weighted by atomic mass is 16.5. The third kappa shape index (κ3) is 4.92. The minimum Gasteiger partial charge on any atom is -0.375 e. The van der Waals surface area contributed by atoms with E-state index in [1.165, 1.54) is 6.42 Å². The molecule has 0 spiro atoms. The summed E-state index contributed by atoms with van der Waals surface area (Å²) in [6.45, 7) is 7.27. The fraction of sp³-hybridized carbons (Fsp3) is 0.667. The van der Waals surface area contributed by atoms with E-state index in [2.05, 4.69) is 27.4 Å². The van der Waals surface area contributed by atoms with Crippen molar-refractivity contribution in [1.29, 1.82) is 0 Å². The number of carbonyl (C=O) groups is 1. The predicted molar refractivity (Wildman–Crippen MR) is 93.9 cm³/mol. The van der Waals surface area contributed by atoms with Crippen LogP contribution in [0.2, 0.25) is 0 Å². The van der Waals surface area contributed by atoms with E-state index in [1.54, 1.807) is 0 Å². The maximum absolute atomic E-state index is 11.9. The molecule has 6 heteroatoms. The van der Waals surface area contributed by atoms with Crippen LogP contribution in [-0.2, 0) is 16.1 Å². The molecule has 0 aliphatic carbocycles. The summed E-state index contributed by atoms with van der Waals surface area (Å²) in [6.07, 6.45) is 4.89. The zero-order valence-electron chi connectivity index (χ0n) is 14.5. The quantitative estimate of drug-likeness (QED) is 0.822. The summed E-state index contributed by atoms with van der Waals surface area (Å²) in [7, 11) is 0. The summed E-state index contributed by atoms with van der Waals surface area (Å²) in [6, 6.07) is 4.08. The van der Waals surface area contributed by atoms with E-state index < -0.39 is 0 Å². The largest absolute Gasteiger partial charge is 0.375 e. The fourth-order valence-electron chi connectivity index (χ4n) is 3.32. The first-order valence-electron chi connectivity index (χ1n) is 8.99. The third-order valence-electron chi connectivity index (χ3n) is 4.81. The lowest BCUT2D eigenvalue weighted by Gasteiger charge is -2.32. The van der Waals surface area contributed by atoms with Gasteiger partial charge in [-0.1, -0.05) is 6.07 Å². The molecule has 0 saturated carbocycles. The number of anilines is 1. The van der Waals surface area contributed by atoms with Gasteiger partial charge in [0.2, 0.25) is 5.91 Å². The molecular weight excluding hydrogens is 304 g/mol. The summed E-state index contributed by atoms with van der Waals surface area (Å²) in [5.41, 5.74) is 1.04. The minimum atomic E-state index is 0.132. The van der Waals surface area contributed by atoms with E-state index >= 15 is 0 Å². The molecule has 2 atom stereocenters. The van der Waals surface area contributed by atoms with Gasteiger partial charge in [-0.05, 0) is 50.4 Å². The Balaban J connectivity index is 1.41. The summed E-state index contributed by atoms with van der Waals surface area (Å²) < 4.78 is 5.56. The second-order valence-corrected chi connectivity index (χ2v) is 6.83. The van der Waals surface area contributed by atoms with Gasteiger partial charge in [-0.3, -0.25) is 4.79 Å². The summed E-state index contributed by atoms with van der Waals surface area (Å²) in [5.74, 6) is 1.77. The first kappa shape index (κ1) is 17.2. The molecule has 1 amide bonds. The van der Waals surface area contributed by atoms with Gasteiger partial charge >= 0.3 is 0 Å². The normalized spacial score (nSPS) is 24.1. The Labute approximate surface area is 144 Å². The minimum absolute atomic E-state index is 0.132. The second-order valence-electron chi connectivity index (χ2n) is 6.83. The van der Waals surface area contributed by atoms with Crippen molar-refractivity contribution >= 4 is 11.7 Å². The van der Waals surface area contributed by atoms with E-state index in [1.807, 2.05) is 18.3 Å². The lowest BCUT2D eigenvalue weighted by atomic mass is 10.0. The summed E-state index contributed by atoms with van der Waals surface area (Å²) >= 11 is 0. The predicted octanol–water partition coefficient (Wildman–Crippen LogP) is 1.31. The van der Waals surface area contributed by atoms with Gasteiger partial charge in [0.1, 0.15) is 5.82 Å². The standard InChI is InChI=1S/C18H28N4O2/c1-14-13-22(8-9-24-14)17-4-2-16(11-20-17)12-21-18(23)5-3-15-6-7-19-10-15/h2,4,11,14-15,19H,3,5-10,12-13H2,1H3,(H,21,23). The topological polar surface area (TPSA) is 66.5 Å². The maximum Gasteiger partial charge on any atom is 0.220 e. The third-order valence-corrected chi connectivity index (χ3v) is 4.81. The number of hydrogen-bond donors (Lipinski definition) is 2. The number of amides is 1. The number of carbonyl (C=O) groups excluding carboxylic acids is 1. The Bertz CT molecular complexity index is 528. The van der Waals surface area contributed by atoms with Gasteiger partial charge in [-0.25, -0.2) is 4.98 Å². The van der Waals surface area contributed by atoms with Gasteiger partial charge in [0.25, 0.3) is 0 Å². The Morgan fingerprint density at radius 2 is 2.42 bits per heavy atom. The zero-order valence-corrected chi connectivity index (χ0v) is 14.5. The molecule has 2 N–H and O–H groups in total. The van der Waals surface area contributed by atoms with Gasteiger partial charge in [-0.2, -0.15) is 0 Å². The van der Waals surface area contributed by atoms with Crippen LogP contribution in [0.25, 0.3) is 0 Å². The first-order valence-corrected chi connectivity index (χ1v) is 8.99. The summed E-state index contributed by atoms with van der Waals surface area (Å²) in [4.78, 5) is 18.7. The van der Waals surface area contributed by atoms with Crippen LogP contribution in [0.1, 0.15) is 31.7 Å². The van der Waals surface area contributed by atoms with E-state index in [4.69, 9.17) is 4.74 Å². The lowest BCUT2D eigenvalue weighted by Crippen LogP contribution is -2.41. The highest BCUT2D eigenvalue weighted by Gasteiger charge is 2.18. The van der Waals surface area contributed by atoms with Crippen molar-refractivity contribution in [3.05, 3.63) is 23.9 Å². The number of aromatic nitrogens is 1. The summed E-state index contributed by atoms with van der Waals surface area (Å²) in [5, 5.41) is 6.33. The van der Waals surface area contributed by atoms with Gasteiger partial charge in [0.15, 0.2) is 0 Å². The molecule has 6 nitrogen and oxygen atoms in total. The van der Waals surface area contributed by atoms with Crippen molar-refractivity contribution in [1.82, 2.24) is 15.6 Å². The van der Waals surface area contributed by atoms with Crippen LogP contribution in [0.15, 0.2) is 18.3 Å². The number of nitrogens with one attached hydrogen (secondary N) is 2. The van der Waals surface area contributed by atoms with Crippen LogP contribution in [0.3, 0.4) is 0 Å². The second kappa shape index (κ2) is 8.44. The van der Waals surface area contributed by atoms with Crippen LogP contribution in [0, 0.1) is 5.92 Å². The van der Waals surface area contributed by atoms with Crippen molar-refractivity contribution in [2.24, 2.45) is 5.92 Å². The Morgan fingerprint density at radius 3 is 3.12 bits per heavy atom. The Kier molecular flexibility index (Phi) is 6.04. The molecule has 0 bridgehead atoms. The van der Waals surface area contributed by atoms with E-state index in [-0.39, 0.29) is 12.0 Å². The van der Waals surface area contributed by atoms with Gasteiger partial charge in [0.05, 0.1) is 12.7 Å². The van der Waals surface area contributed by atoms with Crippen molar-refractivity contribution < 1.29 is 9.53 Å². The zero-order chi connectivity index (χ0) is 16.8. The highest BCUT2D eigenvalue weighted by Crippen LogP contribution is 2.16. The van der Waals surface area contributed by atoms with Crippen LogP contribution >= 0.6 is 0 Å². The molecular formula is C18H28N4O2. The monoisotopic (exact) mass is 332 g/mol. The van der Waals surface area contributed by atoms with E-state index in [9.17, 15) is 4.79 Å². The molecule has 2 unspecified atom stereocenters. The molecule has 2 aliphatic rings. The van der Waals surface area contributed by atoms with Crippen LogP contribution < -0.4 is 15.5 Å². The molecule has 1 aromatic rings. The molecule has 0 aromatic carbocycles. The molecule has 132 valence electrons. The smallest absolute Gasteiger partial charge is 0.220 e. The van der Waals surface area contributed by atoms with E-state index in [0.717, 1.165) is 50.6 Å². The lowest BCUT2D eigenvalue weighted by molar-refractivity contribution is -0.121. The molecule has 24 heavy (non-hydrogen) atoms. The average Bonchev–Trinajstić information content (AvgIpc) is 3.12. The SMILES string of the molecule is CC1CN(c2ccc(CNC(=O)CCC3CCNC3)cn2)CCO1. The molecule has 3 rings (SSSR count). The van der Waals surface area contributed by atoms with Crippen molar-refractivity contribution in [2.45, 2.75) is 38.8 Å². The first-order chi connectivity index (χ1) is 11.7. The van der Waals surface area contributed by atoms with Crippen molar-refractivity contribution in [3.8, 4) is 0 Å². The average molecular weight is 332 g/mol. The van der Waals surface area contributed by atoms with Gasteiger partial charge < -0.3 is 20.3 Å². The molecule has 2 aliphatic heterocycles. The molecule has 0 radical (unpaired) electrons. The Morgan fingerprint density at radius 1 is 1.50 bits per heavy atom. The maximum atomic E-state index is 11.9. The number of ether oxygens (including phenoxy) is 1. The van der Waals surface area contributed by atoms with Crippen LogP contribution in [-0.4, -0.2) is 49.8 Å². The number of pyridine rings is 1. The number of rotatable bonds is 6. The molecule has 1 aromatic heterocycles. The Hall–Kier alpha value is -1.66.